The van der Waals surface area contributed by atoms with Gasteiger partial charge in [-0.1, -0.05) is 20.8 Å². The lowest BCUT2D eigenvalue weighted by Gasteiger charge is -2.34. The van der Waals surface area contributed by atoms with Crippen LogP contribution in [-0.4, -0.2) is 40.0 Å². The third-order valence-corrected chi connectivity index (χ3v) is 4.89. The van der Waals surface area contributed by atoms with Gasteiger partial charge in [0.05, 0.1) is 10.9 Å². The maximum absolute atomic E-state index is 12.4. The Balaban J connectivity index is 2.05. The monoisotopic (exact) mass is 296 g/mol. The number of likely N-dealkylation sites (tertiary alicyclic amines) is 1. The van der Waals surface area contributed by atoms with Crippen LogP contribution < -0.4 is 0 Å². The molecular weight excluding hydrogens is 276 g/mol. The van der Waals surface area contributed by atoms with E-state index in [1.807, 2.05) is 20.8 Å². The summed E-state index contributed by atoms with van der Waals surface area (Å²) in [4.78, 5) is 29.6. The zero-order chi connectivity index (χ0) is 14.9. The second-order valence-electron chi connectivity index (χ2n) is 5.69. The van der Waals surface area contributed by atoms with Crippen molar-refractivity contribution < 1.29 is 14.7 Å². The Kier molecular flexibility index (Phi) is 4.42. The maximum Gasteiger partial charge on any atom is 0.306 e. The van der Waals surface area contributed by atoms with E-state index in [9.17, 15) is 9.59 Å². The van der Waals surface area contributed by atoms with Gasteiger partial charge >= 0.3 is 5.97 Å². The number of amides is 1. The quantitative estimate of drug-likeness (QED) is 0.930. The van der Waals surface area contributed by atoms with Gasteiger partial charge in [-0.25, -0.2) is 4.98 Å². The molecule has 20 heavy (non-hydrogen) atoms. The minimum Gasteiger partial charge on any atom is -0.481 e. The number of carbonyl (C=O) groups excluding carboxylic acids is 1. The Morgan fingerprint density at radius 3 is 2.70 bits per heavy atom. The van der Waals surface area contributed by atoms with Gasteiger partial charge in [0.15, 0.2) is 0 Å². The number of hydrogen-bond acceptors (Lipinski definition) is 4. The van der Waals surface area contributed by atoms with Crippen LogP contribution in [-0.2, 0) is 4.79 Å². The number of carboxylic acids is 1. The van der Waals surface area contributed by atoms with E-state index in [1.165, 1.54) is 11.3 Å². The zero-order valence-corrected chi connectivity index (χ0v) is 12.8. The molecule has 0 bridgehead atoms. The summed E-state index contributed by atoms with van der Waals surface area (Å²) in [7, 11) is 0. The Labute approximate surface area is 122 Å². The Morgan fingerprint density at radius 1 is 1.50 bits per heavy atom. The number of rotatable bonds is 3. The summed E-state index contributed by atoms with van der Waals surface area (Å²) in [5.74, 6) is -0.892. The molecule has 0 aromatic carbocycles. The van der Waals surface area contributed by atoms with E-state index in [0.29, 0.717) is 31.1 Å². The van der Waals surface area contributed by atoms with E-state index in [1.54, 1.807) is 10.3 Å². The normalized spacial score (nSPS) is 23.1. The van der Waals surface area contributed by atoms with Gasteiger partial charge in [-0.3, -0.25) is 9.59 Å². The minimum atomic E-state index is -0.764. The summed E-state index contributed by atoms with van der Waals surface area (Å²) in [6, 6.07) is 0. The number of aromatic nitrogens is 1. The van der Waals surface area contributed by atoms with Gasteiger partial charge < -0.3 is 10.0 Å². The highest BCUT2D eigenvalue weighted by Crippen LogP contribution is 2.26. The van der Waals surface area contributed by atoms with Gasteiger partial charge in [-0.2, -0.15) is 0 Å². The molecule has 0 saturated carbocycles. The molecule has 2 heterocycles. The second-order valence-corrected chi connectivity index (χ2v) is 6.58. The van der Waals surface area contributed by atoms with Gasteiger partial charge in [0, 0.05) is 24.4 Å². The lowest BCUT2D eigenvalue weighted by atomic mass is 9.87. The highest BCUT2D eigenvalue weighted by Gasteiger charge is 2.33. The molecule has 1 fully saturated rings. The molecule has 110 valence electrons. The molecule has 1 saturated heterocycles. The van der Waals surface area contributed by atoms with Crippen LogP contribution in [0.3, 0.4) is 0 Å². The Bertz CT molecular complexity index is 512. The van der Waals surface area contributed by atoms with Crippen molar-refractivity contribution >= 4 is 23.2 Å². The fourth-order valence-corrected chi connectivity index (χ4v) is 3.32. The van der Waals surface area contributed by atoms with E-state index in [-0.39, 0.29) is 17.7 Å². The first-order chi connectivity index (χ1) is 9.40. The van der Waals surface area contributed by atoms with Crippen molar-refractivity contribution in [2.24, 2.45) is 11.8 Å². The molecule has 1 aliphatic rings. The first-order valence-electron chi connectivity index (χ1n) is 6.87. The summed E-state index contributed by atoms with van der Waals surface area (Å²) in [6.45, 7) is 6.97. The van der Waals surface area contributed by atoms with Crippen LogP contribution in [0.4, 0.5) is 0 Å². The Morgan fingerprint density at radius 2 is 2.20 bits per heavy atom. The van der Waals surface area contributed by atoms with Crippen molar-refractivity contribution in [2.75, 3.05) is 13.1 Å². The Hall–Kier alpha value is -1.43. The molecule has 0 radical (unpaired) electrons. The van der Waals surface area contributed by atoms with Crippen molar-refractivity contribution in [3.8, 4) is 0 Å². The molecule has 1 aromatic rings. The predicted molar refractivity (Wildman–Crippen MR) is 77.0 cm³/mol. The lowest BCUT2D eigenvalue weighted by Crippen LogP contribution is -2.45. The lowest BCUT2D eigenvalue weighted by molar-refractivity contribution is -0.145. The van der Waals surface area contributed by atoms with E-state index in [4.69, 9.17) is 5.11 Å². The van der Waals surface area contributed by atoms with Gasteiger partial charge in [0.1, 0.15) is 5.69 Å². The van der Waals surface area contributed by atoms with Gasteiger partial charge in [-0.15, -0.1) is 11.3 Å². The average Bonchev–Trinajstić information content (AvgIpc) is 2.87. The molecule has 1 N–H and O–H groups in total. The topological polar surface area (TPSA) is 70.5 Å². The number of nitrogens with zero attached hydrogens (tertiary/aromatic N) is 2. The minimum absolute atomic E-state index is 0.0200. The SMILES string of the molecule is CC(C)c1nc(C(=O)N2CCC(C(=O)O)C(C)C2)cs1. The van der Waals surface area contributed by atoms with E-state index in [2.05, 4.69) is 4.98 Å². The van der Waals surface area contributed by atoms with Crippen LogP contribution in [0, 0.1) is 11.8 Å². The molecule has 1 aromatic heterocycles. The molecule has 1 amide bonds. The number of piperidine rings is 1. The van der Waals surface area contributed by atoms with Crippen molar-refractivity contribution in [3.63, 3.8) is 0 Å². The number of hydrogen-bond donors (Lipinski definition) is 1. The zero-order valence-electron chi connectivity index (χ0n) is 12.0. The number of aliphatic carboxylic acids is 1. The smallest absolute Gasteiger partial charge is 0.306 e. The summed E-state index contributed by atoms with van der Waals surface area (Å²) < 4.78 is 0. The van der Waals surface area contributed by atoms with E-state index < -0.39 is 5.97 Å². The molecule has 6 heteroatoms. The number of carboxylic acid groups (broad SMARTS) is 1. The van der Waals surface area contributed by atoms with Crippen LogP contribution in [0.5, 0.6) is 0 Å². The van der Waals surface area contributed by atoms with Crippen LogP contribution in [0.25, 0.3) is 0 Å². The third-order valence-electron chi connectivity index (χ3n) is 3.74. The van der Waals surface area contributed by atoms with Gasteiger partial charge in [-0.05, 0) is 12.3 Å². The maximum atomic E-state index is 12.4. The van der Waals surface area contributed by atoms with Crippen LogP contribution in [0.1, 0.15) is 48.6 Å². The average molecular weight is 296 g/mol. The van der Waals surface area contributed by atoms with Crippen LogP contribution >= 0.6 is 11.3 Å². The standard InChI is InChI=1S/C14H20N2O3S/c1-8(2)12-15-11(7-20-12)13(17)16-5-4-10(14(18)19)9(3)6-16/h7-10H,4-6H2,1-3H3,(H,18,19). The van der Waals surface area contributed by atoms with Crippen molar-refractivity contribution in [2.45, 2.75) is 33.1 Å². The second kappa shape index (κ2) is 5.91. The number of carbonyl (C=O) groups is 2. The molecule has 2 unspecified atom stereocenters. The molecular formula is C14H20N2O3S. The highest BCUT2D eigenvalue weighted by molar-refractivity contribution is 7.09. The molecule has 0 aliphatic carbocycles. The van der Waals surface area contributed by atoms with Gasteiger partial charge in [0.2, 0.25) is 0 Å². The highest BCUT2D eigenvalue weighted by atomic mass is 32.1. The summed E-state index contributed by atoms with van der Waals surface area (Å²) in [5.41, 5.74) is 0.486. The predicted octanol–water partition coefficient (Wildman–Crippen LogP) is 2.45. The third kappa shape index (κ3) is 3.00. The van der Waals surface area contributed by atoms with Crippen molar-refractivity contribution in [3.05, 3.63) is 16.1 Å². The largest absolute Gasteiger partial charge is 0.481 e. The molecule has 0 spiro atoms. The summed E-state index contributed by atoms with van der Waals surface area (Å²) in [5, 5.41) is 11.9. The van der Waals surface area contributed by atoms with Gasteiger partial charge in [0.25, 0.3) is 5.91 Å². The molecule has 5 nitrogen and oxygen atoms in total. The first-order valence-corrected chi connectivity index (χ1v) is 7.75. The molecule has 2 atom stereocenters. The van der Waals surface area contributed by atoms with Crippen molar-refractivity contribution in [1.82, 2.24) is 9.88 Å². The summed E-state index contributed by atoms with van der Waals surface area (Å²) in [6.07, 6.45) is 0.517. The molecule has 1 aliphatic heterocycles. The fraction of sp³-hybridized carbons (Fsp3) is 0.643. The summed E-state index contributed by atoms with van der Waals surface area (Å²) >= 11 is 1.50. The van der Waals surface area contributed by atoms with Crippen LogP contribution in [0.15, 0.2) is 5.38 Å². The van der Waals surface area contributed by atoms with E-state index >= 15 is 0 Å². The van der Waals surface area contributed by atoms with E-state index in [0.717, 1.165) is 5.01 Å². The molecule has 2 rings (SSSR count). The van der Waals surface area contributed by atoms with Crippen LogP contribution in [0.2, 0.25) is 0 Å². The first kappa shape index (κ1) is 15.0. The number of thiazole rings is 1. The van der Waals surface area contributed by atoms with Crippen molar-refractivity contribution in [1.29, 1.82) is 0 Å². The fourth-order valence-electron chi connectivity index (χ4n) is 2.51.